The molecule has 1 unspecified atom stereocenters. The maximum absolute atomic E-state index is 12.8. The highest BCUT2D eigenvalue weighted by Gasteiger charge is 2.44. The summed E-state index contributed by atoms with van der Waals surface area (Å²) >= 11 is 2.17. The van der Waals surface area contributed by atoms with E-state index in [0.717, 1.165) is 8.47 Å². The number of piperidine rings is 1. The number of hydrogen-bond donors (Lipinski definition) is 3. The van der Waals surface area contributed by atoms with Gasteiger partial charge in [0.1, 0.15) is 6.04 Å². The molecule has 0 saturated carbocycles. The van der Waals surface area contributed by atoms with Gasteiger partial charge in [-0.3, -0.25) is 29.4 Å². The molecule has 0 spiro atoms. The van der Waals surface area contributed by atoms with Crippen molar-refractivity contribution < 1.29 is 24.0 Å². The van der Waals surface area contributed by atoms with Gasteiger partial charge in [-0.15, -0.1) is 0 Å². The van der Waals surface area contributed by atoms with E-state index in [9.17, 15) is 24.0 Å². The highest BCUT2D eigenvalue weighted by atomic mass is 127. The summed E-state index contributed by atoms with van der Waals surface area (Å²) in [5, 5.41) is 7.58. The fraction of sp³-hybridized carbons (Fsp3) is 0.190. The van der Waals surface area contributed by atoms with E-state index in [1.807, 2.05) is 12.1 Å². The van der Waals surface area contributed by atoms with Gasteiger partial charge in [0.2, 0.25) is 11.8 Å². The van der Waals surface area contributed by atoms with Gasteiger partial charge in [0.15, 0.2) is 0 Å². The van der Waals surface area contributed by atoms with E-state index in [2.05, 4.69) is 38.5 Å². The Morgan fingerprint density at radius 2 is 1.74 bits per heavy atom. The summed E-state index contributed by atoms with van der Waals surface area (Å²) in [6.07, 6.45) is 0.165. The van der Waals surface area contributed by atoms with Crippen LogP contribution in [0.15, 0.2) is 42.5 Å². The number of carbonyl (C=O) groups is 5. The molecule has 1 saturated heterocycles. The number of hydrogen-bond acceptors (Lipinski definition) is 5. The van der Waals surface area contributed by atoms with Crippen LogP contribution in [0.25, 0.3) is 0 Å². The summed E-state index contributed by atoms with van der Waals surface area (Å²) < 4.78 is 1.05. The van der Waals surface area contributed by atoms with Crippen LogP contribution in [0, 0.1) is 3.57 Å². The predicted octanol–water partition coefficient (Wildman–Crippen LogP) is 2.01. The number of nitrogens with one attached hydrogen (secondary N) is 3. The largest absolute Gasteiger partial charge is 0.334 e. The molecule has 158 valence electrons. The van der Waals surface area contributed by atoms with Crippen LogP contribution in [0.2, 0.25) is 0 Å². The molecule has 2 heterocycles. The minimum atomic E-state index is -1.01. The van der Waals surface area contributed by atoms with Gasteiger partial charge in [0.25, 0.3) is 11.8 Å². The third-order valence-corrected chi connectivity index (χ3v) is 5.78. The molecule has 1 atom stereocenters. The molecule has 31 heavy (non-hydrogen) atoms. The van der Waals surface area contributed by atoms with Crippen LogP contribution in [0.4, 0.5) is 10.5 Å². The predicted molar refractivity (Wildman–Crippen MR) is 118 cm³/mol. The van der Waals surface area contributed by atoms with Crippen molar-refractivity contribution >= 4 is 57.9 Å². The van der Waals surface area contributed by atoms with E-state index >= 15 is 0 Å². The molecule has 6 amide bonds. The van der Waals surface area contributed by atoms with Crippen molar-refractivity contribution in [3.8, 4) is 0 Å². The minimum Gasteiger partial charge on any atom is -0.334 e. The highest BCUT2D eigenvalue weighted by molar-refractivity contribution is 14.1. The standard InChI is InChI=1S/C21H17IN4O5/c22-12-2-4-13(5-3-12)24-21(31)23-10-11-1-6-14-15(9-11)20(30)26(19(14)29)16-7-8-17(27)25-18(16)28/h1-6,9,16H,7-8,10H2,(H2,23,24,31)(H,25,27,28). The fourth-order valence-electron chi connectivity index (χ4n) is 3.52. The molecule has 2 aromatic carbocycles. The van der Waals surface area contributed by atoms with Gasteiger partial charge in [-0.25, -0.2) is 4.79 Å². The number of imide groups is 2. The van der Waals surface area contributed by atoms with Gasteiger partial charge in [-0.05, 0) is 71.0 Å². The molecule has 0 radical (unpaired) electrons. The molecule has 0 aliphatic carbocycles. The first-order valence-electron chi connectivity index (χ1n) is 9.48. The molecule has 4 rings (SSSR count). The van der Waals surface area contributed by atoms with Crippen molar-refractivity contribution in [2.24, 2.45) is 0 Å². The lowest BCUT2D eigenvalue weighted by Gasteiger charge is -2.27. The van der Waals surface area contributed by atoms with Crippen molar-refractivity contribution in [3.63, 3.8) is 0 Å². The van der Waals surface area contributed by atoms with Crippen molar-refractivity contribution in [2.75, 3.05) is 5.32 Å². The number of fused-ring (bicyclic) bond motifs is 1. The Balaban J connectivity index is 1.43. The summed E-state index contributed by atoms with van der Waals surface area (Å²) in [5.74, 6) is -2.22. The number of amides is 6. The third kappa shape index (κ3) is 4.29. The van der Waals surface area contributed by atoms with Crippen LogP contribution >= 0.6 is 22.6 Å². The van der Waals surface area contributed by atoms with Crippen LogP contribution < -0.4 is 16.0 Å². The Kier molecular flexibility index (Phi) is 5.72. The van der Waals surface area contributed by atoms with Crippen LogP contribution in [0.1, 0.15) is 39.1 Å². The topological polar surface area (TPSA) is 125 Å². The Bertz CT molecular complexity index is 1120. The number of urea groups is 1. The molecule has 0 aromatic heterocycles. The monoisotopic (exact) mass is 532 g/mol. The van der Waals surface area contributed by atoms with Gasteiger partial charge in [0.05, 0.1) is 11.1 Å². The lowest BCUT2D eigenvalue weighted by molar-refractivity contribution is -0.136. The SMILES string of the molecule is O=C1CCC(N2C(=O)c3ccc(CNC(=O)Nc4ccc(I)cc4)cc3C2=O)C(=O)N1. The summed E-state index contributed by atoms with van der Waals surface area (Å²) in [7, 11) is 0. The van der Waals surface area contributed by atoms with E-state index in [1.165, 1.54) is 12.1 Å². The molecule has 3 N–H and O–H groups in total. The minimum absolute atomic E-state index is 0.0641. The van der Waals surface area contributed by atoms with Gasteiger partial charge < -0.3 is 10.6 Å². The molecule has 1 fully saturated rings. The molecule has 10 heteroatoms. The molecule has 9 nitrogen and oxygen atoms in total. The van der Waals surface area contributed by atoms with Crippen molar-refractivity contribution in [2.45, 2.75) is 25.4 Å². The lowest BCUT2D eigenvalue weighted by Crippen LogP contribution is -2.54. The Morgan fingerprint density at radius 1 is 1.03 bits per heavy atom. The first-order chi connectivity index (χ1) is 14.8. The number of rotatable bonds is 4. The first kappa shape index (κ1) is 21.0. The molecule has 2 aliphatic heterocycles. The van der Waals surface area contributed by atoms with Gasteiger partial charge in [-0.1, -0.05) is 6.07 Å². The zero-order valence-electron chi connectivity index (χ0n) is 16.1. The number of carbonyl (C=O) groups excluding carboxylic acids is 5. The third-order valence-electron chi connectivity index (χ3n) is 5.06. The second-order valence-electron chi connectivity index (χ2n) is 7.14. The zero-order valence-corrected chi connectivity index (χ0v) is 18.3. The van der Waals surface area contributed by atoms with E-state index < -0.39 is 35.7 Å². The zero-order chi connectivity index (χ0) is 22.1. The summed E-state index contributed by atoms with van der Waals surface area (Å²) in [5.41, 5.74) is 1.64. The van der Waals surface area contributed by atoms with Gasteiger partial charge in [0, 0.05) is 22.2 Å². The lowest BCUT2D eigenvalue weighted by atomic mass is 10.0. The number of anilines is 1. The summed E-state index contributed by atoms with van der Waals surface area (Å²) in [4.78, 5) is 62.0. The van der Waals surface area contributed by atoms with Crippen LogP contribution in [0.5, 0.6) is 0 Å². The van der Waals surface area contributed by atoms with Crippen molar-refractivity contribution in [1.82, 2.24) is 15.5 Å². The van der Waals surface area contributed by atoms with Crippen LogP contribution in [-0.4, -0.2) is 40.6 Å². The molecule has 2 aromatic rings. The second kappa shape index (κ2) is 8.46. The average Bonchev–Trinajstić information content (AvgIpc) is 2.98. The maximum atomic E-state index is 12.8. The van der Waals surface area contributed by atoms with E-state index in [1.54, 1.807) is 18.2 Å². The quantitative estimate of drug-likeness (QED) is 0.411. The smallest absolute Gasteiger partial charge is 0.319 e. The summed E-state index contributed by atoms with van der Waals surface area (Å²) in [6, 6.07) is 10.6. The number of benzene rings is 2. The van der Waals surface area contributed by atoms with E-state index in [-0.39, 0.29) is 30.5 Å². The highest BCUT2D eigenvalue weighted by Crippen LogP contribution is 2.28. The average molecular weight is 532 g/mol. The molecule has 0 bridgehead atoms. The first-order valence-corrected chi connectivity index (χ1v) is 10.6. The van der Waals surface area contributed by atoms with Crippen LogP contribution in [0.3, 0.4) is 0 Å². The molecule has 2 aliphatic rings. The Morgan fingerprint density at radius 3 is 2.45 bits per heavy atom. The molecular weight excluding hydrogens is 515 g/mol. The normalized spacial score (nSPS) is 18.0. The van der Waals surface area contributed by atoms with Crippen molar-refractivity contribution in [1.29, 1.82) is 0 Å². The second-order valence-corrected chi connectivity index (χ2v) is 8.39. The van der Waals surface area contributed by atoms with Gasteiger partial charge >= 0.3 is 6.03 Å². The Hall–Kier alpha value is -3.28. The van der Waals surface area contributed by atoms with E-state index in [0.29, 0.717) is 11.3 Å². The van der Waals surface area contributed by atoms with Crippen LogP contribution in [-0.2, 0) is 16.1 Å². The Labute approximate surface area is 190 Å². The number of halogens is 1. The van der Waals surface area contributed by atoms with Gasteiger partial charge in [-0.2, -0.15) is 0 Å². The summed E-state index contributed by atoms with van der Waals surface area (Å²) in [6.45, 7) is 0.142. The fourth-order valence-corrected chi connectivity index (χ4v) is 3.88. The number of nitrogens with zero attached hydrogens (tertiary/aromatic N) is 1. The van der Waals surface area contributed by atoms with Crippen molar-refractivity contribution in [3.05, 3.63) is 62.7 Å². The molecular formula is C21H17IN4O5. The van der Waals surface area contributed by atoms with E-state index in [4.69, 9.17) is 0 Å². The maximum Gasteiger partial charge on any atom is 0.319 e.